The fourth-order valence-corrected chi connectivity index (χ4v) is 4.94. The van der Waals surface area contributed by atoms with E-state index in [1.165, 1.54) is 14.2 Å². The fourth-order valence-electron chi connectivity index (χ4n) is 4.58. The first-order valence-corrected chi connectivity index (χ1v) is 16.5. The maximum atomic E-state index is 13.0. The van der Waals surface area contributed by atoms with E-state index in [-0.39, 0.29) is 47.8 Å². The Kier molecular flexibility index (Phi) is 17.6. The van der Waals surface area contributed by atoms with Gasteiger partial charge in [-0.2, -0.15) is 0 Å². The van der Waals surface area contributed by atoms with Crippen LogP contribution in [0, 0.1) is 26.2 Å². The molecule has 1 rings (SSSR count). The number of hydrogen-bond donors (Lipinski definition) is 4. The third-order valence-corrected chi connectivity index (χ3v) is 7.82. The number of carbonyl (C=O) groups excluding carboxylic acids is 5. The number of ether oxygens (including phenoxy) is 2. The lowest BCUT2D eigenvalue weighted by molar-refractivity contribution is -0.144. The summed E-state index contributed by atoms with van der Waals surface area (Å²) >= 11 is 2.24. The summed E-state index contributed by atoms with van der Waals surface area (Å²) in [4.78, 5) is 62.5. The zero-order valence-electron chi connectivity index (χ0n) is 28.1. The van der Waals surface area contributed by atoms with Gasteiger partial charge in [0.1, 0.15) is 6.04 Å². The van der Waals surface area contributed by atoms with Gasteiger partial charge in [-0.05, 0) is 64.5 Å². The summed E-state index contributed by atoms with van der Waals surface area (Å²) in [6.07, 6.45) is 0.804. The van der Waals surface area contributed by atoms with Crippen LogP contribution < -0.4 is 21.3 Å². The highest BCUT2D eigenvalue weighted by Gasteiger charge is 2.29. The van der Waals surface area contributed by atoms with Gasteiger partial charge in [0.15, 0.2) is 0 Å². The van der Waals surface area contributed by atoms with Crippen molar-refractivity contribution in [3.8, 4) is 0 Å². The average Bonchev–Trinajstić information content (AvgIpc) is 2.96. The molecule has 12 heteroatoms. The molecule has 4 amide bonds. The Bertz CT molecular complexity index is 1120. The first-order chi connectivity index (χ1) is 21.0. The van der Waals surface area contributed by atoms with Crippen molar-refractivity contribution in [3.05, 3.63) is 33.4 Å². The number of likely N-dealkylation sites (N-methyl/N-ethyl adjacent to an activating group) is 1. The van der Waals surface area contributed by atoms with Gasteiger partial charge >= 0.3 is 5.97 Å². The molecule has 0 aliphatic carbocycles. The second-order valence-electron chi connectivity index (χ2n) is 13.5. The molecular weight excluding hydrogens is 691 g/mol. The highest BCUT2D eigenvalue weighted by Crippen LogP contribution is 2.23. The van der Waals surface area contributed by atoms with Crippen LogP contribution >= 0.6 is 22.6 Å². The number of rotatable bonds is 20. The van der Waals surface area contributed by atoms with Crippen LogP contribution in [0.3, 0.4) is 0 Å². The molecule has 0 aliphatic rings. The minimum Gasteiger partial charge on any atom is -0.469 e. The zero-order valence-corrected chi connectivity index (χ0v) is 30.3. The number of methoxy groups -OCH3 is 1. The van der Waals surface area contributed by atoms with Crippen molar-refractivity contribution in [2.75, 3.05) is 33.9 Å². The van der Waals surface area contributed by atoms with Gasteiger partial charge in [-0.25, -0.2) is 0 Å². The molecule has 254 valence electrons. The minimum atomic E-state index is -0.923. The molecule has 0 aromatic heterocycles. The first-order valence-electron chi connectivity index (χ1n) is 15.4. The van der Waals surface area contributed by atoms with Crippen molar-refractivity contribution in [1.82, 2.24) is 21.3 Å². The largest absolute Gasteiger partial charge is 0.469 e. The smallest absolute Gasteiger partial charge is 0.306 e. The van der Waals surface area contributed by atoms with Crippen LogP contribution in [0.15, 0.2) is 24.3 Å². The number of halogens is 1. The Hall–Kier alpha value is -2.74. The Balaban J connectivity index is 2.53. The van der Waals surface area contributed by atoms with Crippen LogP contribution in [0.1, 0.15) is 79.2 Å². The SMILES string of the molecule is CNC(=O)[C@H](CCC(=O)NCC(C)(C)COCC(C)(C)CC(=O)NCc1ccc(I)cc1)NC(=O)[C@@H](CC(=O)OC)CC(C)C. The lowest BCUT2D eigenvalue weighted by Gasteiger charge is -2.29. The van der Waals surface area contributed by atoms with Crippen molar-refractivity contribution in [2.24, 2.45) is 22.7 Å². The molecule has 0 unspecified atom stereocenters. The molecule has 4 N–H and O–H groups in total. The van der Waals surface area contributed by atoms with Gasteiger partial charge in [0.2, 0.25) is 23.6 Å². The maximum absolute atomic E-state index is 13.0. The van der Waals surface area contributed by atoms with E-state index in [9.17, 15) is 24.0 Å². The summed E-state index contributed by atoms with van der Waals surface area (Å²) in [5, 5.41) is 11.1. The predicted molar refractivity (Wildman–Crippen MR) is 182 cm³/mol. The van der Waals surface area contributed by atoms with Crippen LogP contribution in [0.5, 0.6) is 0 Å². The molecule has 0 bridgehead atoms. The molecule has 0 radical (unpaired) electrons. The van der Waals surface area contributed by atoms with E-state index in [1.54, 1.807) is 0 Å². The normalized spacial score (nSPS) is 13.0. The summed E-state index contributed by atoms with van der Waals surface area (Å²) in [6.45, 7) is 13.4. The van der Waals surface area contributed by atoms with Crippen molar-refractivity contribution in [1.29, 1.82) is 0 Å². The van der Waals surface area contributed by atoms with Gasteiger partial charge in [-0.15, -0.1) is 0 Å². The molecule has 0 saturated carbocycles. The van der Waals surface area contributed by atoms with Gasteiger partial charge in [0.05, 0.1) is 26.7 Å². The minimum absolute atomic E-state index is 0.0194. The number of hydrogen-bond acceptors (Lipinski definition) is 7. The summed E-state index contributed by atoms with van der Waals surface area (Å²) < 4.78 is 11.8. The lowest BCUT2D eigenvalue weighted by atomic mass is 9.89. The Morgan fingerprint density at radius 1 is 0.889 bits per heavy atom. The molecule has 0 heterocycles. The summed E-state index contributed by atoms with van der Waals surface area (Å²) in [7, 11) is 2.73. The highest BCUT2D eigenvalue weighted by molar-refractivity contribution is 14.1. The van der Waals surface area contributed by atoms with E-state index < -0.39 is 29.7 Å². The van der Waals surface area contributed by atoms with E-state index >= 15 is 0 Å². The Morgan fingerprint density at radius 3 is 2.09 bits per heavy atom. The second-order valence-corrected chi connectivity index (χ2v) is 14.7. The average molecular weight is 745 g/mol. The van der Waals surface area contributed by atoms with Gasteiger partial charge in [-0.1, -0.05) is 53.7 Å². The van der Waals surface area contributed by atoms with E-state index in [4.69, 9.17) is 9.47 Å². The maximum Gasteiger partial charge on any atom is 0.306 e. The monoisotopic (exact) mass is 744 g/mol. The number of amides is 4. The van der Waals surface area contributed by atoms with E-state index in [0.29, 0.717) is 39.1 Å². The van der Waals surface area contributed by atoms with Crippen molar-refractivity contribution in [3.63, 3.8) is 0 Å². The molecule has 1 aromatic rings. The van der Waals surface area contributed by atoms with Gasteiger partial charge in [0.25, 0.3) is 0 Å². The standard InChI is InChI=1S/C33H53IN4O7/c1-22(2)15-24(16-29(41)44-8)30(42)38-26(31(43)35-7)13-14-27(39)37-19-33(5,6)21-45-20-32(3,4)17-28(40)36-18-23-9-11-25(34)12-10-23/h9-12,22,24,26H,13-21H2,1-8H3,(H,35,43)(H,36,40)(H,37,39)(H,38,42)/t24-,26+/m1/s1. The van der Waals surface area contributed by atoms with Crippen molar-refractivity contribution in [2.45, 2.75) is 86.2 Å². The molecule has 11 nitrogen and oxygen atoms in total. The van der Waals surface area contributed by atoms with Crippen LogP contribution in [0.2, 0.25) is 0 Å². The molecule has 45 heavy (non-hydrogen) atoms. The van der Waals surface area contributed by atoms with Crippen LogP contribution in [0.25, 0.3) is 0 Å². The molecule has 0 aliphatic heterocycles. The number of carbonyl (C=O) groups is 5. The van der Waals surface area contributed by atoms with Crippen LogP contribution in [-0.2, 0) is 40.0 Å². The number of nitrogens with one attached hydrogen (secondary N) is 4. The van der Waals surface area contributed by atoms with Crippen molar-refractivity contribution < 1.29 is 33.4 Å². The molecule has 2 atom stereocenters. The molecule has 0 spiro atoms. The highest BCUT2D eigenvalue weighted by atomic mass is 127. The van der Waals surface area contributed by atoms with E-state index in [0.717, 1.165) is 9.13 Å². The first kappa shape index (κ1) is 40.3. The third-order valence-electron chi connectivity index (χ3n) is 7.10. The van der Waals surface area contributed by atoms with Gasteiger partial charge < -0.3 is 30.7 Å². The molecular formula is C33H53IN4O7. The Labute approximate surface area is 282 Å². The third kappa shape index (κ3) is 17.5. The number of esters is 1. The van der Waals surface area contributed by atoms with Crippen LogP contribution in [0.4, 0.5) is 0 Å². The lowest BCUT2D eigenvalue weighted by Crippen LogP contribution is -2.48. The van der Waals surface area contributed by atoms with E-state index in [2.05, 4.69) is 43.9 Å². The van der Waals surface area contributed by atoms with Gasteiger partial charge in [0, 0.05) is 47.9 Å². The summed E-state index contributed by atoms with van der Waals surface area (Å²) in [5.41, 5.74) is 0.284. The molecule has 0 saturated heterocycles. The predicted octanol–water partition coefficient (Wildman–Crippen LogP) is 3.72. The quantitative estimate of drug-likeness (QED) is 0.117. The number of benzene rings is 1. The summed E-state index contributed by atoms with van der Waals surface area (Å²) in [5.74, 6) is -2.13. The van der Waals surface area contributed by atoms with Crippen LogP contribution in [-0.4, -0.2) is 69.6 Å². The molecule has 0 fully saturated rings. The second kappa shape index (κ2) is 19.7. The van der Waals surface area contributed by atoms with Gasteiger partial charge in [-0.3, -0.25) is 24.0 Å². The van der Waals surface area contributed by atoms with Crippen molar-refractivity contribution >= 4 is 52.2 Å². The zero-order chi connectivity index (χ0) is 34.2. The van der Waals surface area contributed by atoms with E-state index in [1.807, 2.05) is 65.8 Å². The topological polar surface area (TPSA) is 152 Å². The summed E-state index contributed by atoms with van der Waals surface area (Å²) in [6, 6.07) is 7.08. The Morgan fingerprint density at radius 2 is 1.51 bits per heavy atom. The molecule has 1 aromatic carbocycles. The fraction of sp³-hybridized carbons (Fsp3) is 0.667.